The van der Waals surface area contributed by atoms with Crippen LogP contribution in [0, 0.1) is 11.6 Å². The molecule has 0 heterocycles. The Morgan fingerprint density at radius 2 is 1.74 bits per heavy atom. The van der Waals surface area contributed by atoms with Crippen molar-refractivity contribution < 1.29 is 18.7 Å². The van der Waals surface area contributed by atoms with Gasteiger partial charge >= 0.3 is 0 Å². The van der Waals surface area contributed by atoms with E-state index >= 15 is 0 Å². The van der Waals surface area contributed by atoms with Gasteiger partial charge in [0.05, 0.1) is 10.0 Å². The molecule has 0 amide bonds. The zero-order chi connectivity index (χ0) is 14.0. The number of rotatable bonds is 2. The number of carbonyl (C=O) groups excluding carboxylic acids is 1. The summed E-state index contributed by atoms with van der Waals surface area (Å²) in [6, 6.07) is 2.24. The maximum Gasteiger partial charge on any atom is 0.200 e. The fourth-order valence-corrected chi connectivity index (χ4v) is 2.84. The summed E-state index contributed by atoms with van der Waals surface area (Å²) in [6.07, 6.45) is 3.77. The van der Waals surface area contributed by atoms with Crippen LogP contribution in [0.1, 0.15) is 48.9 Å². The molecule has 1 aromatic carbocycles. The van der Waals surface area contributed by atoms with Gasteiger partial charge in [-0.3, -0.25) is 4.79 Å². The van der Waals surface area contributed by atoms with Crippen LogP contribution < -0.4 is 0 Å². The molecule has 1 fully saturated rings. The predicted molar refractivity (Wildman–Crippen MR) is 71.0 cm³/mol. The number of hydrogen-bond donors (Lipinski definition) is 1. The Hall–Kier alpha value is -0.810. The largest absolute Gasteiger partial charge is 0.382 e. The lowest BCUT2D eigenvalue weighted by molar-refractivity contribution is 0.0229. The van der Waals surface area contributed by atoms with E-state index < -0.39 is 28.6 Å². The van der Waals surface area contributed by atoms with Crippen molar-refractivity contribution in [3.05, 3.63) is 33.8 Å². The topological polar surface area (TPSA) is 37.3 Å². The Labute approximate surface area is 118 Å². The molecule has 0 unspecified atom stereocenters. The first-order valence-electron chi connectivity index (χ1n) is 6.36. The molecule has 0 spiro atoms. The zero-order valence-electron chi connectivity index (χ0n) is 10.4. The highest BCUT2D eigenvalue weighted by Crippen LogP contribution is 2.33. The molecule has 0 aromatic heterocycles. The van der Waals surface area contributed by atoms with Crippen LogP contribution in [0.15, 0.2) is 16.6 Å². The van der Waals surface area contributed by atoms with Crippen LogP contribution in [0.25, 0.3) is 0 Å². The van der Waals surface area contributed by atoms with Crippen molar-refractivity contribution in [3.8, 4) is 0 Å². The number of aliphatic hydroxyl groups is 1. The van der Waals surface area contributed by atoms with Gasteiger partial charge in [0.25, 0.3) is 0 Å². The van der Waals surface area contributed by atoms with Gasteiger partial charge in [-0.05, 0) is 40.9 Å². The quantitative estimate of drug-likeness (QED) is 0.505. The summed E-state index contributed by atoms with van der Waals surface area (Å²) >= 11 is 2.93. The predicted octanol–water partition coefficient (Wildman–Crippen LogP) is 4.00. The van der Waals surface area contributed by atoms with E-state index in [1.165, 1.54) is 6.07 Å². The third-order valence-corrected chi connectivity index (χ3v) is 4.24. The first-order valence-corrected chi connectivity index (χ1v) is 7.16. The summed E-state index contributed by atoms with van der Waals surface area (Å²) < 4.78 is 27.7. The first-order chi connectivity index (χ1) is 8.96. The fraction of sp³-hybridized carbons (Fsp3) is 0.500. The lowest BCUT2D eigenvalue weighted by Crippen LogP contribution is -2.39. The normalized spacial score (nSPS) is 18.9. The fourth-order valence-electron chi connectivity index (χ4n) is 2.51. The van der Waals surface area contributed by atoms with Crippen molar-refractivity contribution in [3.63, 3.8) is 0 Å². The minimum atomic E-state index is -1.64. The van der Waals surface area contributed by atoms with Gasteiger partial charge in [-0.15, -0.1) is 0 Å². The number of hydrogen-bond acceptors (Lipinski definition) is 2. The third kappa shape index (κ3) is 2.87. The van der Waals surface area contributed by atoms with Crippen LogP contribution in [0.5, 0.6) is 0 Å². The Morgan fingerprint density at radius 3 is 2.32 bits per heavy atom. The maximum atomic E-state index is 13.9. The highest BCUT2D eigenvalue weighted by Gasteiger charge is 2.39. The van der Waals surface area contributed by atoms with Crippen molar-refractivity contribution in [1.82, 2.24) is 0 Å². The Kier molecular flexibility index (Phi) is 4.36. The number of Topliss-reactive ketones (excluding diaryl/α,β-unsaturated/α-hetero) is 1. The molecule has 0 atom stereocenters. The minimum absolute atomic E-state index is 0.0227. The van der Waals surface area contributed by atoms with Crippen molar-refractivity contribution >= 4 is 21.7 Å². The molecular weight excluding hydrogens is 318 g/mol. The smallest absolute Gasteiger partial charge is 0.200 e. The van der Waals surface area contributed by atoms with Gasteiger partial charge in [0.15, 0.2) is 11.6 Å². The molecule has 0 aliphatic heterocycles. The summed E-state index contributed by atoms with van der Waals surface area (Å²) in [4.78, 5) is 12.3. The van der Waals surface area contributed by atoms with Crippen LogP contribution in [0.3, 0.4) is 0 Å². The van der Waals surface area contributed by atoms with E-state index in [9.17, 15) is 18.7 Å². The van der Waals surface area contributed by atoms with Gasteiger partial charge in [-0.1, -0.05) is 25.7 Å². The minimum Gasteiger partial charge on any atom is -0.382 e. The summed E-state index contributed by atoms with van der Waals surface area (Å²) in [7, 11) is 0. The molecule has 19 heavy (non-hydrogen) atoms. The maximum absolute atomic E-state index is 13.9. The third-order valence-electron chi connectivity index (χ3n) is 3.62. The van der Waals surface area contributed by atoms with Crippen LogP contribution in [0.2, 0.25) is 0 Å². The van der Waals surface area contributed by atoms with Crippen molar-refractivity contribution in [1.29, 1.82) is 0 Å². The van der Waals surface area contributed by atoms with E-state index in [0.717, 1.165) is 18.9 Å². The van der Waals surface area contributed by atoms with Crippen LogP contribution in [0.4, 0.5) is 8.78 Å². The molecule has 0 bridgehead atoms. The van der Waals surface area contributed by atoms with Crippen molar-refractivity contribution in [2.75, 3.05) is 0 Å². The van der Waals surface area contributed by atoms with Gasteiger partial charge in [0.2, 0.25) is 0 Å². The van der Waals surface area contributed by atoms with Gasteiger partial charge in [0.1, 0.15) is 11.4 Å². The second kappa shape index (κ2) is 5.67. The summed E-state index contributed by atoms with van der Waals surface area (Å²) in [5.41, 5.74) is -2.28. The van der Waals surface area contributed by atoms with Gasteiger partial charge in [-0.25, -0.2) is 8.78 Å². The van der Waals surface area contributed by atoms with Gasteiger partial charge in [0, 0.05) is 0 Å². The first kappa shape index (κ1) is 14.6. The van der Waals surface area contributed by atoms with E-state index in [0.29, 0.717) is 12.8 Å². The van der Waals surface area contributed by atoms with Crippen LogP contribution >= 0.6 is 15.9 Å². The second-order valence-electron chi connectivity index (χ2n) is 4.99. The monoisotopic (exact) mass is 332 g/mol. The highest BCUT2D eigenvalue weighted by molar-refractivity contribution is 9.10. The molecule has 1 N–H and O–H groups in total. The molecule has 2 nitrogen and oxygen atoms in total. The van der Waals surface area contributed by atoms with E-state index in [2.05, 4.69) is 15.9 Å². The van der Waals surface area contributed by atoms with Gasteiger partial charge < -0.3 is 5.11 Å². The zero-order valence-corrected chi connectivity index (χ0v) is 12.0. The van der Waals surface area contributed by atoms with E-state index in [1.807, 2.05) is 0 Å². The van der Waals surface area contributed by atoms with E-state index in [-0.39, 0.29) is 17.3 Å². The van der Waals surface area contributed by atoms with E-state index in [1.54, 1.807) is 0 Å². The number of carbonyl (C=O) groups is 1. The lowest BCUT2D eigenvalue weighted by atomic mass is 9.86. The SMILES string of the molecule is O=C(c1c(F)ccc(Br)c1F)C1(O)CCCCCC1. The Balaban J connectivity index is 2.41. The van der Waals surface area contributed by atoms with Crippen molar-refractivity contribution in [2.24, 2.45) is 0 Å². The Bertz CT molecular complexity index is 494. The summed E-state index contributed by atoms with van der Waals surface area (Å²) in [5, 5.41) is 10.4. The summed E-state index contributed by atoms with van der Waals surface area (Å²) in [6.45, 7) is 0. The molecule has 1 aliphatic rings. The summed E-state index contributed by atoms with van der Waals surface area (Å²) in [5.74, 6) is -2.71. The number of benzene rings is 1. The molecule has 0 saturated heterocycles. The highest BCUT2D eigenvalue weighted by atomic mass is 79.9. The van der Waals surface area contributed by atoms with Gasteiger partial charge in [-0.2, -0.15) is 0 Å². The molecule has 0 radical (unpaired) electrons. The average molecular weight is 333 g/mol. The molecule has 2 rings (SSSR count). The Morgan fingerprint density at radius 1 is 1.16 bits per heavy atom. The number of ketones is 1. The molecule has 1 aromatic rings. The molecule has 1 aliphatic carbocycles. The average Bonchev–Trinajstić information content (AvgIpc) is 2.60. The van der Waals surface area contributed by atoms with E-state index in [4.69, 9.17) is 0 Å². The molecule has 5 heteroatoms. The molecule has 1 saturated carbocycles. The second-order valence-corrected chi connectivity index (χ2v) is 5.85. The van der Waals surface area contributed by atoms with Crippen LogP contribution in [-0.2, 0) is 0 Å². The van der Waals surface area contributed by atoms with Crippen molar-refractivity contribution in [2.45, 2.75) is 44.1 Å². The number of halogens is 3. The molecule has 104 valence electrons. The lowest BCUT2D eigenvalue weighted by Gasteiger charge is -2.25. The van der Waals surface area contributed by atoms with Crippen LogP contribution in [-0.4, -0.2) is 16.5 Å². The standard InChI is InChI=1S/C14H15BrF2O2/c15-9-5-6-10(16)11(12(9)17)13(18)14(19)7-3-1-2-4-8-14/h5-6,19H,1-4,7-8H2. The molecular formula is C14H15BrF2O2.